The summed E-state index contributed by atoms with van der Waals surface area (Å²) in [6.45, 7) is 4.09. The Bertz CT molecular complexity index is 930. The highest BCUT2D eigenvalue weighted by molar-refractivity contribution is 5.71. The summed E-state index contributed by atoms with van der Waals surface area (Å²) in [5.74, 6) is 2.05. The van der Waals surface area contributed by atoms with Crippen molar-refractivity contribution in [1.82, 2.24) is 4.98 Å². The lowest BCUT2D eigenvalue weighted by Crippen LogP contribution is -2.13. The van der Waals surface area contributed by atoms with Gasteiger partial charge in [-0.15, -0.1) is 0 Å². The summed E-state index contributed by atoms with van der Waals surface area (Å²) in [6.07, 6.45) is 2.70. The molecule has 0 aliphatic carbocycles. The molecule has 0 N–H and O–H groups in total. The number of benzene rings is 2. The monoisotopic (exact) mass is 381 g/mol. The molecule has 146 valence electrons. The minimum Gasteiger partial charge on any atom is -0.484 e. The zero-order valence-corrected chi connectivity index (χ0v) is 16.2. The number of aryl methyl sites for hydroxylation is 2. The number of oxazole rings is 1. The summed E-state index contributed by atoms with van der Waals surface area (Å²) in [4.78, 5) is 15.5. The predicted molar refractivity (Wildman–Crippen MR) is 104 cm³/mol. The van der Waals surface area contributed by atoms with Crippen LogP contribution in [-0.2, 0) is 22.6 Å². The summed E-state index contributed by atoms with van der Waals surface area (Å²) in [6, 6.07) is 13.6. The third-order valence-electron chi connectivity index (χ3n) is 4.28. The fourth-order valence-electron chi connectivity index (χ4n) is 2.63. The number of rotatable bonds is 8. The Morgan fingerprint density at radius 2 is 1.89 bits per heavy atom. The minimum absolute atomic E-state index is 0.129. The van der Waals surface area contributed by atoms with Crippen molar-refractivity contribution in [2.75, 3.05) is 13.7 Å². The topological polar surface area (TPSA) is 70.8 Å². The highest BCUT2D eigenvalue weighted by Crippen LogP contribution is 2.25. The van der Waals surface area contributed by atoms with Crippen LogP contribution in [0.25, 0.3) is 11.3 Å². The van der Waals surface area contributed by atoms with Crippen LogP contribution in [0, 0.1) is 6.92 Å². The van der Waals surface area contributed by atoms with Crippen molar-refractivity contribution in [3.63, 3.8) is 0 Å². The van der Waals surface area contributed by atoms with E-state index in [2.05, 4.69) is 28.8 Å². The van der Waals surface area contributed by atoms with E-state index in [1.165, 1.54) is 12.7 Å². The predicted octanol–water partition coefficient (Wildman–Crippen LogP) is 4.34. The Morgan fingerprint density at radius 3 is 2.57 bits per heavy atom. The molecule has 2 aromatic carbocycles. The number of nitrogens with zero attached hydrogens (tertiary/aromatic N) is 1. The van der Waals surface area contributed by atoms with Gasteiger partial charge in [-0.2, -0.15) is 0 Å². The van der Waals surface area contributed by atoms with Crippen LogP contribution in [0.1, 0.15) is 23.9 Å². The second kappa shape index (κ2) is 9.08. The third kappa shape index (κ3) is 4.91. The van der Waals surface area contributed by atoms with Crippen molar-refractivity contribution in [2.45, 2.75) is 26.9 Å². The number of ether oxygens (including phenoxy) is 3. The second-order valence-corrected chi connectivity index (χ2v) is 6.25. The summed E-state index contributed by atoms with van der Waals surface area (Å²) in [5, 5.41) is 0. The molecule has 0 aliphatic rings. The highest BCUT2D eigenvalue weighted by Gasteiger charge is 2.09. The molecular formula is C22H23NO5. The lowest BCUT2D eigenvalue weighted by molar-refractivity contribution is -0.142. The highest BCUT2D eigenvalue weighted by atomic mass is 16.6. The number of hydrogen-bond donors (Lipinski definition) is 0. The number of carbonyl (C=O) groups is 1. The molecule has 0 aliphatic heterocycles. The fraction of sp³-hybridized carbons (Fsp3) is 0.273. The minimum atomic E-state index is -0.427. The van der Waals surface area contributed by atoms with Gasteiger partial charge in [-0.25, -0.2) is 9.78 Å². The molecule has 0 atom stereocenters. The van der Waals surface area contributed by atoms with Crippen LogP contribution in [0.15, 0.2) is 53.1 Å². The number of carbonyl (C=O) groups excluding carboxylic acids is 1. The van der Waals surface area contributed by atoms with Gasteiger partial charge in [-0.1, -0.05) is 31.2 Å². The Balaban J connectivity index is 1.59. The zero-order valence-electron chi connectivity index (χ0n) is 16.2. The summed E-state index contributed by atoms with van der Waals surface area (Å²) >= 11 is 0. The van der Waals surface area contributed by atoms with Crippen molar-refractivity contribution in [3.05, 3.63) is 65.7 Å². The van der Waals surface area contributed by atoms with Gasteiger partial charge in [0.1, 0.15) is 11.5 Å². The van der Waals surface area contributed by atoms with E-state index in [1.807, 2.05) is 25.1 Å². The molecule has 6 nitrogen and oxygen atoms in total. The quantitative estimate of drug-likeness (QED) is 0.541. The number of esters is 1. The molecule has 1 aromatic heterocycles. The number of aromatic nitrogens is 1. The lowest BCUT2D eigenvalue weighted by Gasteiger charge is -2.10. The van der Waals surface area contributed by atoms with E-state index in [0.29, 0.717) is 23.1 Å². The molecule has 0 unspecified atom stereocenters. The Hall–Kier alpha value is -3.28. The van der Waals surface area contributed by atoms with E-state index < -0.39 is 5.97 Å². The first-order chi connectivity index (χ1) is 13.6. The normalized spacial score (nSPS) is 10.5. The molecule has 0 amide bonds. The lowest BCUT2D eigenvalue weighted by atomic mass is 10.1. The van der Waals surface area contributed by atoms with E-state index in [-0.39, 0.29) is 13.2 Å². The van der Waals surface area contributed by atoms with Gasteiger partial charge in [0.25, 0.3) is 0 Å². The number of methoxy groups -OCH3 is 1. The van der Waals surface area contributed by atoms with Crippen LogP contribution in [-0.4, -0.2) is 24.7 Å². The van der Waals surface area contributed by atoms with Gasteiger partial charge in [0.2, 0.25) is 5.89 Å². The maximum Gasteiger partial charge on any atom is 0.343 e. The molecule has 6 heteroatoms. The maximum atomic E-state index is 11.2. The first-order valence-electron chi connectivity index (χ1n) is 9.06. The molecule has 3 rings (SSSR count). The van der Waals surface area contributed by atoms with E-state index in [1.54, 1.807) is 18.3 Å². The van der Waals surface area contributed by atoms with E-state index in [0.717, 1.165) is 17.5 Å². The van der Waals surface area contributed by atoms with Crippen molar-refractivity contribution in [3.8, 4) is 22.8 Å². The smallest absolute Gasteiger partial charge is 0.343 e. The molecule has 1 heterocycles. The molecular weight excluding hydrogens is 358 g/mol. The van der Waals surface area contributed by atoms with E-state index in [9.17, 15) is 4.79 Å². The zero-order chi connectivity index (χ0) is 19.9. The van der Waals surface area contributed by atoms with Crippen LogP contribution < -0.4 is 9.47 Å². The standard InChI is InChI=1S/C22H23NO5/c1-4-16-5-7-17(8-6-16)20-12-23-21(28-20)13-26-18-9-10-19(15(2)11-18)27-14-22(24)25-3/h5-12H,4,13-14H2,1-3H3. The van der Waals surface area contributed by atoms with Gasteiger partial charge < -0.3 is 18.6 Å². The van der Waals surface area contributed by atoms with Crippen LogP contribution in [0.5, 0.6) is 11.5 Å². The van der Waals surface area contributed by atoms with E-state index >= 15 is 0 Å². The van der Waals surface area contributed by atoms with Crippen molar-refractivity contribution in [1.29, 1.82) is 0 Å². The summed E-state index contributed by atoms with van der Waals surface area (Å²) in [7, 11) is 1.32. The largest absolute Gasteiger partial charge is 0.484 e. The Labute approximate surface area is 164 Å². The first-order valence-corrected chi connectivity index (χ1v) is 9.06. The third-order valence-corrected chi connectivity index (χ3v) is 4.28. The SMILES string of the molecule is CCc1ccc(-c2cnc(COc3ccc(OCC(=O)OC)c(C)c3)o2)cc1. The Morgan fingerprint density at radius 1 is 1.11 bits per heavy atom. The molecule has 0 fully saturated rings. The fourth-order valence-corrected chi connectivity index (χ4v) is 2.63. The molecule has 0 saturated carbocycles. The van der Waals surface area contributed by atoms with E-state index in [4.69, 9.17) is 13.9 Å². The van der Waals surface area contributed by atoms with Gasteiger partial charge in [0.15, 0.2) is 19.0 Å². The van der Waals surface area contributed by atoms with Crippen LogP contribution in [0.3, 0.4) is 0 Å². The van der Waals surface area contributed by atoms with Gasteiger partial charge in [-0.3, -0.25) is 0 Å². The van der Waals surface area contributed by atoms with Gasteiger partial charge in [-0.05, 0) is 42.7 Å². The molecule has 3 aromatic rings. The Kier molecular flexibility index (Phi) is 6.32. The first kappa shape index (κ1) is 19.5. The van der Waals surface area contributed by atoms with Crippen LogP contribution in [0.4, 0.5) is 0 Å². The maximum absolute atomic E-state index is 11.2. The van der Waals surface area contributed by atoms with Crippen molar-refractivity contribution in [2.24, 2.45) is 0 Å². The van der Waals surface area contributed by atoms with Crippen LogP contribution in [0.2, 0.25) is 0 Å². The van der Waals surface area contributed by atoms with Crippen LogP contribution >= 0.6 is 0 Å². The summed E-state index contributed by atoms with van der Waals surface area (Å²) in [5.41, 5.74) is 3.12. The average Bonchev–Trinajstić information content (AvgIpc) is 3.20. The molecule has 0 radical (unpaired) electrons. The van der Waals surface area contributed by atoms with Gasteiger partial charge in [0, 0.05) is 5.56 Å². The molecule has 0 saturated heterocycles. The molecule has 0 bridgehead atoms. The second-order valence-electron chi connectivity index (χ2n) is 6.25. The molecule has 28 heavy (non-hydrogen) atoms. The molecule has 0 spiro atoms. The van der Waals surface area contributed by atoms with Crippen molar-refractivity contribution >= 4 is 5.97 Å². The van der Waals surface area contributed by atoms with Gasteiger partial charge >= 0.3 is 5.97 Å². The summed E-state index contributed by atoms with van der Waals surface area (Å²) < 4.78 is 21.5. The van der Waals surface area contributed by atoms with Gasteiger partial charge in [0.05, 0.1) is 13.3 Å². The average molecular weight is 381 g/mol. The van der Waals surface area contributed by atoms with Crippen molar-refractivity contribution < 1.29 is 23.4 Å². The number of hydrogen-bond acceptors (Lipinski definition) is 6.